The first kappa shape index (κ1) is 28.4. The minimum Gasteiger partial charge on any atom is -0.744 e. The Morgan fingerprint density at radius 1 is 1.05 bits per heavy atom. The normalized spacial score (nSPS) is 19.9. The summed E-state index contributed by atoms with van der Waals surface area (Å²) in [5.74, 6) is -0.512. The summed E-state index contributed by atoms with van der Waals surface area (Å²) in [5, 5.41) is 27.9. The van der Waals surface area contributed by atoms with Crippen molar-refractivity contribution in [3.05, 3.63) is 72.3 Å². The molecule has 37 heavy (non-hydrogen) atoms. The summed E-state index contributed by atoms with van der Waals surface area (Å²) in [5.41, 5.74) is 12.0. The Hall–Kier alpha value is -3.13. The maximum absolute atomic E-state index is 11.9. The van der Waals surface area contributed by atoms with Gasteiger partial charge in [0.2, 0.25) is 5.72 Å². The largest absolute Gasteiger partial charge is 1.00 e. The molecule has 0 aliphatic heterocycles. The fourth-order valence-corrected chi connectivity index (χ4v) is 4.33. The number of nitrogens with two attached hydrogens (primary N) is 2. The molecular formula is C24H23N6NaO5S. The van der Waals surface area contributed by atoms with E-state index in [9.17, 15) is 18.1 Å². The van der Waals surface area contributed by atoms with E-state index < -0.39 is 38.2 Å². The quantitative estimate of drug-likeness (QED) is 0.142. The molecular weight excluding hydrogens is 507 g/mol. The van der Waals surface area contributed by atoms with Gasteiger partial charge in [-0.1, -0.05) is 18.2 Å². The maximum Gasteiger partial charge on any atom is 1.00 e. The van der Waals surface area contributed by atoms with E-state index >= 15 is 0 Å². The van der Waals surface area contributed by atoms with Crippen LogP contribution in [0.25, 0.3) is 10.8 Å². The van der Waals surface area contributed by atoms with Gasteiger partial charge in [-0.15, -0.1) is 10.2 Å². The molecule has 0 radical (unpaired) electrons. The molecule has 0 saturated carbocycles. The number of aromatic hydroxyl groups is 1. The first-order chi connectivity index (χ1) is 17.0. The third-order valence-corrected chi connectivity index (χ3v) is 6.51. The molecule has 5 N–H and O–H groups in total. The van der Waals surface area contributed by atoms with Crippen LogP contribution >= 0.6 is 0 Å². The summed E-state index contributed by atoms with van der Waals surface area (Å²) in [6.07, 6.45) is 4.96. The average molecular weight is 531 g/mol. The predicted octanol–water partition coefficient (Wildman–Crippen LogP) is 1.71. The van der Waals surface area contributed by atoms with Crippen molar-refractivity contribution in [2.75, 3.05) is 18.6 Å². The number of fused-ring (bicyclic) bond motifs is 1. The predicted molar refractivity (Wildman–Crippen MR) is 134 cm³/mol. The van der Waals surface area contributed by atoms with Crippen molar-refractivity contribution >= 4 is 43.6 Å². The number of hydrogen-bond donors (Lipinski definition) is 3. The van der Waals surface area contributed by atoms with Crippen LogP contribution in [0.5, 0.6) is 5.75 Å². The molecule has 0 amide bonds. The second-order valence-electron chi connectivity index (χ2n) is 8.11. The van der Waals surface area contributed by atoms with E-state index in [1.165, 1.54) is 25.3 Å². The minimum atomic E-state index is -4.96. The Labute approximate surface area is 235 Å². The number of benzene rings is 3. The number of ether oxygens (including phenoxy) is 1. The van der Waals surface area contributed by atoms with E-state index in [0.29, 0.717) is 28.0 Å². The molecule has 1 aliphatic rings. The summed E-state index contributed by atoms with van der Waals surface area (Å²) >= 11 is 0. The Morgan fingerprint density at radius 2 is 1.73 bits per heavy atom. The van der Waals surface area contributed by atoms with Gasteiger partial charge in [0, 0.05) is 23.9 Å². The fraction of sp³-hybridized carbons (Fsp3) is 0.167. The van der Waals surface area contributed by atoms with Crippen molar-refractivity contribution in [3.63, 3.8) is 0 Å². The van der Waals surface area contributed by atoms with Gasteiger partial charge in [0.15, 0.2) is 5.75 Å². The van der Waals surface area contributed by atoms with E-state index in [0.717, 1.165) is 6.07 Å². The summed E-state index contributed by atoms with van der Waals surface area (Å²) < 4.78 is 41.3. The molecule has 4 rings (SSSR count). The van der Waals surface area contributed by atoms with Crippen molar-refractivity contribution in [1.82, 2.24) is 0 Å². The molecule has 0 saturated heterocycles. The number of nitrogen functional groups attached to an aromatic ring is 2. The molecule has 3 aromatic rings. The van der Waals surface area contributed by atoms with Gasteiger partial charge < -0.3 is 25.9 Å². The number of hydrogen-bond acceptors (Lipinski definition) is 11. The smallest absolute Gasteiger partial charge is 0.744 e. The second kappa shape index (κ2) is 11.1. The summed E-state index contributed by atoms with van der Waals surface area (Å²) in [6, 6.07) is 11.8. The first-order valence-corrected chi connectivity index (χ1v) is 12.1. The molecule has 11 nitrogen and oxygen atoms in total. The summed E-state index contributed by atoms with van der Waals surface area (Å²) in [6.45, 7) is 1.77. The first-order valence-electron chi connectivity index (χ1n) is 10.7. The zero-order valence-electron chi connectivity index (χ0n) is 20.4. The maximum atomic E-state index is 11.9. The van der Waals surface area contributed by atoms with Gasteiger partial charge in [0.1, 0.15) is 21.8 Å². The summed E-state index contributed by atoms with van der Waals surface area (Å²) in [7, 11) is -3.48. The second-order valence-corrected chi connectivity index (χ2v) is 9.46. The van der Waals surface area contributed by atoms with Crippen LogP contribution in [-0.2, 0) is 14.9 Å². The Balaban J connectivity index is 0.00000380. The van der Waals surface area contributed by atoms with Crippen molar-refractivity contribution < 1.29 is 52.4 Å². The van der Waals surface area contributed by atoms with Crippen LogP contribution in [-0.4, -0.2) is 37.0 Å². The van der Waals surface area contributed by atoms with Gasteiger partial charge in [-0.05, 0) is 66.4 Å². The van der Waals surface area contributed by atoms with E-state index in [-0.39, 0.29) is 34.9 Å². The molecule has 2 unspecified atom stereocenters. The molecule has 2 atom stereocenters. The molecule has 1 aliphatic carbocycles. The van der Waals surface area contributed by atoms with Crippen LogP contribution in [0.3, 0.4) is 0 Å². The van der Waals surface area contributed by atoms with Crippen LogP contribution in [0.1, 0.15) is 6.92 Å². The van der Waals surface area contributed by atoms with Crippen LogP contribution in [0.2, 0.25) is 0 Å². The number of phenolic OH excluding ortho intramolecular Hbond substituents is 1. The van der Waals surface area contributed by atoms with Gasteiger partial charge in [-0.2, -0.15) is 10.2 Å². The van der Waals surface area contributed by atoms with Gasteiger partial charge in [0.25, 0.3) is 0 Å². The van der Waals surface area contributed by atoms with Crippen LogP contribution in [0.4, 0.5) is 22.7 Å². The van der Waals surface area contributed by atoms with Crippen molar-refractivity contribution in [2.45, 2.75) is 23.6 Å². The molecule has 0 fully saturated rings. The molecule has 0 bridgehead atoms. The number of azo groups is 2. The molecule has 0 spiro atoms. The van der Waals surface area contributed by atoms with Crippen molar-refractivity contribution in [2.24, 2.45) is 20.5 Å². The number of phenols is 1. The standard InChI is InChI=1S/C24H24N6O5S.Na/c1-14-11-19(9-10-24(14,35-2)30-28-18-7-5-16(25)6-8-18)27-29-22-21(36(32,33)34)12-15-3-4-17(26)13-20(15)23(22)31;/h3-13,19,31H,25-26H2,1-2H3,(H,32,33,34);/q;+1/p-1. The molecule has 0 heterocycles. The molecule has 13 heteroatoms. The third kappa shape index (κ3) is 6.06. The Morgan fingerprint density at radius 3 is 2.35 bits per heavy atom. The SMILES string of the molecule is COC1(N=Nc2ccc(N)cc2)C=CC(N=Nc2c(S(=O)(=O)[O-])cc3ccc(N)cc3c2O)C=C1C.[Na+]. The van der Waals surface area contributed by atoms with Crippen LogP contribution < -0.4 is 41.0 Å². The van der Waals surface area contributed by atoms with Gasteiger partial charge >= 0.3 is 29.6 Å². The van der Waals surface area contributed by atoms with Gasteiger partial charge in [-0.25, -0.2) is 8.42 Å². The van der Waals surface area contributed by atoms with E-state index in [2.05, 4.69) is 20.5 Å². The zero-order chi connectivity index (χ0) is 26.1. The number of rotatable bonds is 6. The van der Waals surface area contributed by atoms with E-state index in [1.54, 1.807) is 49.4 Å². The zero-order valence-corrected chi connectivity index (χ0v) is 23.2. The molecule has 3 aromatic carbocycles. The van der Waals surface area contributed by atoms with Crippen molar-refractivity contribution in [1.29, 1.82) is 0 Å². The van der Waals surface area contributed by atoms with E-state index in [4.69, 9.17) is 16.2 Å². The summed E-state index contributed by atoms with van der Waals surface area (Å²) in [4.78, 5) is -0.690. The Kier molecular flexibility index (Phi) is 8.52. The minimum absolute atomic E-state index is 0. The third-order valence-electron chi connectivity index (χ3n) is 5.66. The fourth-order valence-electron chi connectivity index (χ4n) is 3.69. The van der Waals surface area contributed by atoms with Crippen LogP contribution in [0, 0.1) is 0 Å². The number of methoxy groups -OCH3 is 1. The molecule has 0 aromatic heterocycles. The van der Waals surface area contributed by atoms with Crippen LogP contribution in [0.15, 0.2) is 97.7 Å². The van der Waals surface area contributed by atoms with E-state index in [1.807, 2.05) is 0 Å². The average Bonchev–Trinajstić information content (AvgIpc) is 2.84. The monoisotopic (exact) mass is 530 g/mol. The van der Waals surface area contributed by atoms with Crippen molar-refractivity contribution in [3.8, 4) is 5.75 Å². The number of anilines is 2. The Bertz CT molecular complexity index is 1550. The van der Waals surface area contributed by atoms with Gasteiger partial charge in [-0.3, -0.25) is 0 Å². The topological polar surface area (TPSA) is 188 Å². The van der Waals surface area contributed by atoms with Gasteiger partial charge in [0.05, 0.1) is 10.6 Å². The number of nitrogens with zero attached hydrogens (tertiary/aromatic N) is 4. The molecule has 186 valence electrons.